The Hall–Kier alpha value is -2.61. The second kappa shape index (κ2) is 6.25. The summed E-state index contributed by atoms with van der Waals surface area (Å²) < 4.78 is 2.14. The normalized spacial score (nSPS) is 14.7. The third-order valence-electron chi connectivity index (χ3n) is 4.09. The van der Waals surface area contributed by atoms with Crippen molar-refractivity contribution in [3.05, 3.63) is 35.5 Å². The second-order valence-electron chi connectivity index (χ2n) is 6.29. The number of nitriles is 1. The first-order valence-corrected chi connectivity index (χ1v) is 7.97. The van der Waals surface area contributed by atoms with Gasteiger partial charge in [0.2, 0.25) is 5.91 Å². The van der Waals surface area contributed by atoms with Crippen molar-refractivity contribution in [3.63, 3.8) is 0 Å². The van der Waals surface area contributed by atoms with Crippen LogP contribution in [0.3, 0.4) is 0 Å². The maximum atomic E-state index is 11.5. The highest BCUT2D eigenvalue weighted by atomic mass is 16.1. The number of amides is 1. The third-order valence-corrected chi connectivity index (χ3v) is 4.09. The maximum Gasteiger partial charge on any atom is 0.249 e. The summed E-state index contributed by atoms with van der Waals surface area (Å²) in [6.07, 6.45) is 3.41. The van der Waals surface area contributed by atoms with Crippen molar-refractivity contribution >= 4 is 22.6 Å². The summed E-state index contributed by atoms with van der Waals surface area (Å²) in [5, 5.41) is 13.5. The zero-order valence-electron chi connectivity index (χ0n) is 13.5. The number of benzene rings is 1. The first-order chi connectivity index (χ1) is 11.1. The Morgan fingerprint density at radius 1 is 1.43 bits per heavy atom. The van der Waals surface area contributed by atoms with E-state index in [0.29, 0.717) is 30.3 Å². The average Bonchev–Trinajstić information content (AvgIpc) is 2.90. The first kappa shape index (κ1) is 15.3. The number of amidine groups is 1. The number of rotatable bonds is 4. The van der Waals surface area contributed by atoms with Crippen LogP contribution in [0.1, 0.15) is 37.8 Å². The SMILES string of the molecule is CC(C)CCn1cc(C#N)c2cc(C3=NC(=O)CCN3)ccc21. The number of nitrogens with zero attached hydrogens (tertiary/aromatic N) is 3. The zero-order chi connectivity index (χ0) is 16.4. The van der Waals surface area contributed by atoms with Gasteiger partial charge in [0.05, 0.1) is 5.56 Å². The molecule has 0 saturated heterocycles. The molecule has 0 aliphatic carbocycles. The van der Waals surface area contributed by atoms with Gasteiger partial charge in [-0.2, -0.15) is 10.3 Å². The van der Waals surface area contributed by atoms with Crippen molar-refractivity contribution in [3.8, 4) is 6.07 Å². The number of aryl methyl sites for hydroxylation is 1. The van der Waals surface area contributed by atoms with E-state index in [0.717, 1.165) is 29.4 Å². The van der Waals surface area contributed by atoms with Crippen molar-refractivity contribution in [2.75, 3.05) is 6.54 Å². The molecule has 3 rings (SSSR count). The summed E-state index contributed by atoms with van der Waals surface area (Å²) in [6.45, 7) is 5.89. The lowest BCUT2D eigenvalue weighted by molar-refractivity contribution is -0.117. The predicted octanol–water partition coefficient (Wildman–Crippen LogP) is 2.83. The van der Waals surface area contributed by atoms with E-state index >= 15 is 0 Å². The highest BCUT2D eigenvalue weighted by molar-refractivity contribution is 6.08. The lowest BCUT2D eigenvalue weighted by Crippen LogP contribution is -2.32. The fourth-order valence-corrected chi connectivity index (χ4v) is 2.79. The van der Waals surface area contributed by atoms with Gasteiger partial charge in [0, 0.05) is 42.2 Å². The molecule has 1 N–H and O–H groups in total. The summed E-state index contributed by atoms with van der Waals surface area (Å²) in [7, 11) is 0. The molecule has 2 aromatic rings. The monoisotopic (exact) mass is 308 g/mol. The summed E-state index contributed by atoms with van der Waals surface area (Å²) >= 11 is 0. The number of hydrogen-bond acceptors (Lipinski definition) is 3. The van der Waals surface area contributed by atoms with E-state index < -0.39 is 0 Å². The summed E-state index contributed by atoms with van der Waals surface area (Å²) in [5.41, 5.74) is 2.56. The number of aliphatic imine (C=N–C) groups is 1. The second-order valence-corrected chi connectivity index (χ2v) is 6.29. The molecule has 0 fully saturated rings. The molecular weight excluding hydrogens is 288 g/mol. The zero-order valence-corrected chi connectivity index (χ0v) is 13.5. The minimum atomic E-state index is -0.103. The molecule has 0 bridgehead atoms. The van der Waals surface area contributed by atoms with Gasteiger partial charge in [0.15, 0.2) is 0 Å². The highest BCUT2D eigenvalue weighted by Crippen LogP contribution is 2.24. The minimum Gasteiger partial charge on any atom is -0.369 e. The van der Waals surface area contributed by atoms with Gasteiger partial charge >= 0.3 is 0 Å². The van der Waals surface area contributed by atoms with Crippen LogP contribution in [-0.2, 0) is 11.3 Å². The molecule has 0 atom stereocenters. The van der Waals surface area contributed by atoms with Gasteiger partial charge in [-0.3, -0.25) is 4.79 Å². The van der Waals surface area contributed by atoms with E-state index in [1.165, 1.54) is 0 Å². The van der Waals surface area contributed by atoms with Crippen molar-refractivity contribution in [1.29, 1.82) is 5.26 Å². The molecule has 1 aromatic carbocycles. The maximum absolute atomic E-state index is 11.5. The third kappa shape index (κ3) is 3.11. The first-order valence-electron chi connectivity index (χ1n) is 7.97. The lowest BCUT2D eigenvalue weighted by Gasteiger charge is -2.14. The number of fused-ring (bicyclic) bond motifs is 1. The van der Waals surface area contributed by atoms with Crippen LogP contribution >= 0.6 is 0 Å². The van der Waals surface area contributed by atoms with Crippen molar-refractivity contribution in [2.24, 2.45) is 10.9 Å². The molecule has 0 radical (unpaired) electrons. The number of aromatic nitrogens is 1. The Morgan fingerprint density at radius 3 is 2.96 bits per heavy atom. The predicted molar refractivity (Wildman–Crippen MR) is 90.3 cm³/mol. The van der Waals surface area contributed by atoms with Gasteiger partial charge in [-0.25, -0.2) is 0 Å². The lowest BCUT2D eigenvalue weighted by atomic mass is 10.1. The number of nitrogens with one attached hydrogen (secondary N) is 1. The van der Waals surface area contributed by atoms with Crippen LogP contribution in [0.2, 0.25) is 0 Å². The number of hydrogen-bond donors (Lipinski definition) is 1. The number of carbonyl (C=O) groups is 1. The molecule has 2 heterocycles. The van der Waals surface area contributed by atoms with Crippen molar-refractivity contribution < 1.29 is 4.79 Å². The summed E-state index contributed by atoms with van der Waals surface area (Å²) in [6, 6.07) is 8.18. The molecule has 1 aliphatic rings. The van der Waals surface area contributed by atoms with Crippen LogP contribution in [0, 0.1) is 17.2 Å². The quantitative estimate of drug-likeness (QED) is 0.944. The van der Waals surface area contributed by atoms with Crippen molar-refractivity contribution in [2.45, 2.75) is 33.2 Å². The fraction of sp³-hybridized carbons (Fsp3) is 0.389. The van der Waals surface area contributed by atoms with E-state index in [1.54, 1.807) is 0 Å². The smallest absolute Gasteiger partial charge is 0.249 e. The van der Waals surface area contributed by atoms with E-state index in [2.05, 4.69) is 34.8 Å². The Balaban J connectivity index is 2.02. The van der Waals surface area contributed by atoms with Gasteiger partial charge in [0.25, 0.3) is 0 Å². The Labute approximate surface area is 135 Å². The molecule has 118 valence electrons. The Bertz CT molecular complexity index is 823. The molecule has 0 spiro atoms. The minimum absolute atomic E-state index is 0.103. The number of carbonyl (C=O) groups excluding carboxylic acids is 1. The Morgan fingerprint density at radius 2 is 2.26 bits per heavy atom. The largest absolute Gasteiger partial charge is 0.369 e. The molecule has 1 aliphatic heterocycles. The van der Waals surface area contributed by atoms with Crippen LogP contribution in [0.25, 0.3) is 10.9 Å². The standard InChI is InChI=1S/C18H20N4O/c1-12(2)6-8-22-11-14(10-19)15-9-13(3-4-16(15)22)18-20-7-5-17(23)21-18/h3-4,9,11-12H,5-8H2,1-2H3,(H,20,21,23). The van der Waals surface area contributed by atoms with E-state index in [1.807, 2.05) is 24.4 Å². The Kier molecular flexibility index (Phi) is 4.16. The van der Waals surface area contributed by atoms with Crippen LogP contribution < -0.4 is 5.32 Å². The molecule has 0 unspecified atom stereocenters. The molecule has 0 saturated carbocycles. The molecule has 23 heavy (non-hydrogen) atoms. The molecule has 5 nitrogen and oxygen atoms in total. The van der Waals surface area contributed by atoms with Crippen LogP contribution in [0.4, 0.5) is 0 Å². The van der Waals surface area contributed by atoms with E-state index in [-0.39, 0.29) is 5.91 Å². The van der Waals surface area contributed by atoms with Crippen LogP contribution in [0.5, 0.6) is 0 Å². The summed E-state index contributed by atoms with van der Waals surface area (Å²) in [5.74, 6) is 1.11. The van der Waals surface area contributed by atoms with Gasteiger partial charge < -0.3 is 9.88 Å². The molecule has 1 aromatic heterocycles. The highest BCUT2D eigenvalue weighted by Gasteiger charge is 2.15. The van der Waals surface area contributed by atoms with Crippen LogP contribution in [-0.4, -0.2) is 22.9 Å². The molecular formula is C18H20N4O. The van der Waals surface area contributed by atoms with Gasteiger partial charge in [-0.1, -0.05) is 13.8 Å². The van der Waals surface area contributed by atoms with Crippen LogP contribution in [0.15, 0.2) is 29.4 Å². The van der Waals surface area contributed by atoms with Gasteiger partial charge in [-0.05, 0) is 30.5 Å². The van der Waals surface area contributed by atoms with Gasteiger partial charge in [-0.15, -0.1) is 0 Å². The molecule has 1 amide bonds. The molecule has 5 heteroatoms. The average molecular weight is 308 g/mol. The topological polar surface area (TPSA) is 70.2 Å². The van der Waals surface area contributed by atoms with Crippen molar-refractivity contribution in [1.82, 2.24) is 9.88 Å². The van der Waals surface area contributed by atoms with Gasteiger partial charge in [0.1, 0.15) is 11.9 Å². The fourth-order valence-electron chi connectivity index (χ4n) is 2.79. The van der Waals surface area contributed by atoms with E-state index in [4.69, 9.17) is 0 Å². The van der Waals surface area contributed by atoms with E-state index in [9.17, 15) is 10.1 Å². The summed E-state index contributed by atoms with van der Waals surface area (Å²) in [4.78, 5) is 15.6.